The van der Waals surface area contributed by atoms with Crippen molar-refractivity contribution in [3.8, 4) is 0 Å². The molecule has 27 heavy (non-hydrogen) atoms. The minimum atomic E-state index is -3.57. The van der Waals surface area contributed by atoms with Gasteiger partial charge in [-0.3, -0.25) is 9.10 Å². The number of rotatable bonds is 8. The highest BCUT2D eigenvalue weighted by molar-refractivity contribution is 7.99. The van der Waals surface area contributed by atoms with Crippen LogP contribution in [0.1, 0.15) is 50.2 Å². The first-order chi connectivity index (χ1) is 12.7. The molecule has 0 unspecified atom stereocenters. The Morgan fingerprint density at radius 1 is 1.22 bits per heavy atom. The fraction of sp³-hybridized carbons (Fsp3) is 0.650. The molecule has 1 fully saturated rings. The number of nitrogens with one attached hydrogen (secondary N) is 1. The summed E-state index contributed by atoms with van der Waals surface area (Å²) in [5.41, 5.74) is 2.61. The summed E-state index contributed by atoms with van der Waals surface area (Å²) in [6.45, 7) is 6.12. The number of amides is 1. The number of anilines is 1. The molecule has 0 bridgehead atoms. The Morgan fingerprint density at radius 3 is 2.48 bits per heavy atom. The van der Waals surface area contributed by atoms with Crippen molar-refractivity contribution in [3.63, 3.8) is 0 Å². The molecule has 0 radical (unpaired) electrons. The Morgan fingerprint density at radius 2 is 1.89 bits per heavy atom. The van der Waals surface area contributed by atoms with E-state index in [1.54, 1.807) is 13.0 Å². The summed E-state index contributed by atoms with van der Waals surface area (Å²) in [6, 6.07) is 4.67. The average molecular weight is 413 g/mol. The van der Waals surface area contributed by atoms with Crippen LogP contribution in [0.15, 0.2) is 18.2 Å². The lowest BCUT2D eigenvalue weighted by molar-refractivity contribution is -0.121. The summed E-state index contributed by atoms with van der Waals surface area (Å²) in [5.74, 6) is 0.606. The van der Waals surface area contributed by atoms with Crippen LogP contribution in [0, 0.1) is 13.8 Å². The molecular weight excluding hydrogens is 380 g/mol. The van der Waals surface area contributed by atoms with Crippen molar-refractivity contribution in [2.75, 3.05) is 22.9 Å². The molecule has 152 valence electrons. The third-order valence-electron chi connectivity index (χ3n) is 5.14. The Bertz CT molecular complexity index is 744. The molecule has 1 amide bonds. The van der Waals surface area contributed by atoms with Gasteiger partial charge in [0.15, 0.2) is 0 Å². The SMILES string of the molecule is Cc1ccc(N([C@H](C)C(=O)NCCSC2CCCCC2)S(C)(=O)=O)cc1C. The van der Waals surface area contributed by atoms with Gasteiger partial charge < -0.3 is 5.32 Å². The predicted octanol–water partition coefficient (Wildman–Crippen LogP) is 3.64. The minimum Gasteiger partial charge on any atom is -0.353 e. The topological polar surface area (TPSA) is 66.5 Å². The van der Waals surface area contributed by atoms with Gasteiger partial charge in [0.2, 0.25) is 15.9 Å². The van der Waals surface area contributed by atoms with Gasteiger partial charge in [-0.15, -0.1) is 0 Å². The molecule has 1 saturated carbocycles. The second-order valence-electron chi connectivity index (χ2n) is 7.43. The molecule has 1 aliphatic rings. The largest absolute Gasteiger partial charge is 0.353 e. The number of nitrogens with zero attached hydrogens (tertiary/aromatic N) is 1. The number of hydrogen-bond donors (Lipinski definition) is 1. The van der Waals surface area contributed by atoms with Gasteiger partial charge >= 0.3 is 0 Å². The minimum absolute atomic E-state index is 0.261. The molecule has 1 aromatic rings. The zero-order valence-electron chi connectivity index (χ0n) is 16.8. The van der Waals surface area contributed by atoms with Crippen molar-refractivity contribution < 1.29 is 13.2 Å². The van der Waals surface area contributed by atoms with Gasteiger partial charge in [-0.05, 0) is 56.9 Å². The molecule has 1 N–H and O–H groups in total. The highest BCUT2D eigenvalue weighted by Gasteiger charge is 2.29. The van der Waals surface area contributed by atoms with E-state index in [2.05, 4.69) is 5.32 Å². The first kappa shape index (κ1) is 22.1. The molecule has 1 atom stereocenters. The van der Waals surface area contributed by atoms with Gasteiger partial charge in [-0.1, -0.05) is 25.3 Å². The van der Waals surface area contributed by atoms with Crippen molar-refractivity contribution in [1.29, 1.82) is 0 Å². The lowest BCUT2D eigenvalue weighted by Gasteiger charge is -2.29. The van der Waals surface area contributed by atoms with Gasteiger partial charge in [-0.25, -0.2) is 8.42 Å². The number of carbonyl (C=O) groups excluding carboxylic acids is 1. The average Bonchev–Trinajstić information content (AvgIpc) is 2.61. The number of carbonyl (C=O) groups is 1. The van der Waals surface area contributed by atoms with Crippen molar-refractivity contribution in [1.82, 2.24) is 5.32 Å². The fourth-order valence-electron chi connectivity index (χ4n) is 3.45. The lowest BCUT2D eigenvalue weighted by Crippen LogP contribution is -2.48. The highest BCUT2D eigenvalue weighted by Crippen LogP contribution is 2.28. The quantitative estimate of drug-likeness (QED) is 0.662. The van der Waals surface area contributed by atoms with Gasteiger partial charge in [0, 0.05) is 17.5 Å². The van der Waals surface area contributed by atoms with E-state index < -0.39 is 16.1 Å². The number of hydrogen-bond acceptors (Lipinski definition) is 4. The lowest BCUT2D eigenvalue weighted by atomic mass is 10.0. The van der Waals surface area contributed by atoms with E-state index in [9.17, 15) is 13.2 Å². The second kappa shape index (κ2) is 9.82. The summed E-state index contributed by atoms with van der Waals surface area (Å²) in [5, 5.41) is 3.61. The normalized spacial score (nSPS) is 16.7. The molecule has 0 saturated heterocycles. The first-order valence-electron chi connectivity index (χ1n) is 9.66. The molecule has 2 rings (SSSR count). The van der Waals surface area contributed by atoms with Gasteiger partial charge in [-0.2, -0.15) is 11.8 Å². The van der Waals surface area contributed by atoms with Gasteiger partial charge in [0.1, 0.15) is 6.04 Å². The molecule has 0 aliphatic heterocycles. The van der Waals surface area contributed by atoms with Crippen LogP contribution in [-0.2, 0) is 14.8 Å². The number of benzene rings is 1. The van der Waals surface area contributed by atoms with Crippen LogP contribution in [0.25, 0.3) is 0 Å². The van der Waals surface area contributed by atoms with Crippen LogP contribution in [-0.4, -0.2) is 44.2 Å². The highest BCUT2D eigenvalue weighted by atomic mass is 32.2. The zero-order chi connectivity index (χ0) is 20.0. The standard InChI is InChI=1S/C20H32N2O3S2/c1-15-10-11-18(14-16(15)2)22(27(4,24)25)17(3)20(23)21-12-13-26-19-8-6-5-7-9-19/h10-11,14,17,19H,5-9,12-13H2,1-4H3,(H,21,23)/t17-/m1/s1. The Balaban J connectivity index is 1.96. The number of thioether (sulfide) groups is 1. The molecule has 0 heterocycles. The van der Waals surface area contributed by atoms with Crippen LogP contribution in [0.4, 0.5) is 5.69 Å². The van der Waals surface area contributed by atoms with E-state index in [-0.39, 0.29) is 5.91 Å². The Labute approximate surface area is 168 Å². The third kappa shape index (κ3) is 6.42. The maximum atomic E-state index is 12.6. The molecule has 1 aliphatic carbocycles. The van der Waals surface area contributed by atoms with Crippen LogP contribution in [0.5, 0.6) is 0 Å². The van der Waals surface area contributed by atoms with Crippen molar-refractivity contribution in [2.45, 2.75) is 64.2 Å². The van der Waals surface area contributed by atoms with Crippen LogP contribution >= 0.6 is 11.8 Å². The molecule has 0 aromatic heterocycles. The summed E-state index contributed by atoms with van der Waals surface area (Å²) in [7, 11) is -3.57. The van der Waals surface area contributed by atoms with E-state index in [0.29, 0.717) is 17.5 Å². The van der Waals surface area contributed by atoms with Gasteiger partial charge in [0.05, 0.1) is 11.9 Å². The van der Waals surface area contributed by atoms with Crippen LogP contribution in [0.3, 0.4) is 0 Å². The third-order valence-corrected chi connectivity index (χ3v) is 7.76. The summed E-state index contributed by atoms with van der Waals surface area (Å²) in [6.07, 6.45) is 7.63. The Hall–Kier alpha value is -1.21. The predicted molar refractivity (Wildman–Crippen MR) is 115 cm³/mol. The maximum absolute atomic E-state index is 12.6. The monoisotopic (exact) mass is 412 g/mol. The van der Waals surface area contributed by atoms with E-state index in [1.165, 1.54) is 36.4 Å². The number of sulfonamides is 1. The van der Waals surface area contributed by atoms with E-state index in [4.69, 9.17) is 0 Å². The molecule has 7 heteroatoms. The summed E-state index contributed by atoms with van der Waals surface area (Å²) >= 11 is 1.92. The zero-order valence-corrected chi connectivity index (χ0v) is 18.5. The summed E-state index contributed by atoms with van der Waals surface area (Å²) < 4.78 is 25.9. The van der Waals surface area contributed by atoms with Crippen LogP contribution in [0.2, 0.25) is 0 Å². The molecular formula is C20H32N2O3S2. The molecule has 0 spiro atoms. The molecule has 5 nitrogen and oxygen atoms in total. The maximum Gasteiger partial charge on any atom is 0.243 e. The Kier molecular flexibility index (Phi) is 8.04. The first-order valence-corrected chi connectivity index (χ1v) is 12.6. The van der Waals surface area contributed by atoms with Crippen LogP contribution < -0.4 is 9.62 Å². The van der Waals surface area contributed by atoms with Crippen molar-refractivity contribution in [3.05, 3.63) is 29.3 Å². The van der Waals surface area contributed by atoms with E-state index in [0.717, 1.165) is 23.1 Å². The van der Waals surface area contributed by atoms with E-state index >= 15 is 0 Å². The molecule has 1 aromatic carbocycles. The van der Waals surface area contributed by atoms with Crippen molar-refractivity contribution in [2.24, 2.45) is 0 Å². The van der Waals surface area contributed by atoms with Crippen molar-refractivity contribution >= 4 is 33.4 Å². The smallest absolute Gasteiger partial charge is 0.243 e. The number of aryl methyl sites for hydroxylation is 2. The summed E-state index contributed by atoms with van der Waals surface area (Å²) in [4.78, 5) is 12.6. The van der Waals surface area contributed by atoms with Gasteiger partial charge in [0.25, 0.3) is 0 Å². The second-order valence-corrected chi connectivity index (χ2v) is 10.7. The van der Waals surface area contributed by atoms with E-state index in [1.807, 2.05) is 37.7 Å². The fourth-order valence-corrected chi connectivity index (χ4v) is 5.84.